The van der Waals surface area contributed by atoms with Crippen molar-refractivity contribution >= 4 is 0 Å². The summed E-state index contributed by atoms with van der Waals surface area (Å²) < 4.78 is 27.5. The quantitative estimate of drug-likeness (QED) is 0.860. The normalized spacial score (nSPS) is 10.7. The van der Waals surface area contributed by atoms with E-state index in [-0.39, 0.29) is 5.56 Å². The largest absolute Gasteiger partial charge is 0.326 e. The maximum atomic E-state index is 13.9. The van der Waals surface area contributed by atoms with Crippen molar-refractivity contribution in [1.82, 2.24) is 0 Å². The third-order valence-corrected chi connectivity index (χ3v) is 3.08. The van der Waals surface area contributed by atoms with Gasteiger partial charge >= 0.3 is 0 Å². The van der Waals surface area contributed by atoms with Crippen LogP contribution in [0.2, 0.25) is 0 Å². The summed E-state index contributed by atoms with van der Waals surface area (Å²) in [5, 5.41) is 0. The van der Waals surface area contributed by atoms with Crippen molar-refractivity contribution in [1.29, 1.82) is 0 Å². The van der Waals surface area contributed by atoms with Crippen molar-refractivity contribution < 1.29 is 8.78 Å². The van der Waals surface area contributed by atoms with Crippen molar-refractivity contribution in [2.24, 2.45) is 5.73 Å². The molecule has 0 radical (unpaired) electrons. The van der Waals surface area contributed by atoms with Crippen LogP contribution >= 0.6 is 0 Å². The van der Waals surface area contributed by atoms with Gasteiger partial charge in [0.15, 0.2) is 0 Å². The van der Waals surface area contributed by atoms with Crippen LogP contribution in [0, 0.1) is 25.5 Å². The zero-order valence-electron chi connectivity index (χ0n) is 10.4. The first-order valence-electron chi connectivity index (χ1n) is 5.78. The average Bonchev–Trinajstić information content (AvgIpc) is 2.35. The van der Waals surface area contributed by atoms with E-state index in [9.17, 15) is 8.78 Å². The molecule has 94 valence electrons. The van der Waals surface area contributed by atoms with Crippen LogP contribution in [0.3, 0.4) is 0 Å². The molecule has 0 spiro atoms. The highest BCUT2D eigenvalue weighted by atomic mass is 19.1. The monoisotopic (exact) mass is 247 g/mol. The molecule has 0 fully saturated rings. The molecule has 2 aromatic rings. The van der Waals surface area contributed by atoms with Gasteiger partial charge in [0.2, 0.25) is 0 Å². The highest BCUT2D eigenvalue weighted by Crippen LogP contribution is 2.29. The third-order valence-electron chi connectivity index (χ3n) is 3.08. The summed E-state index contributed by atoms with van der Waals surface area (Å²) >= 11 is 0. The van der Waals surface area contributed by atoms with Crippen LogP contribution in [0.15, 0.2) is 30.3 Å². The highest BCUT2D eigenvalue weighted by Gasteiger charge is 2.11. The first-order chi connectivity index (χ1) is 8.52. The Balaban J connectivity index is 2.64. The molecule has 18 heavy (non-hydrogen) atoms. The minimum Gasteiger partial charge on any atom is -0.326 e. The number of halogens is 2. The molecule has 0 atom stereocenters. The second-order valence-corrected chi connectivity index (χ2v) is 4.43. The number of hydrogen-bond acceptors (Lipinski definition) is 1. The summed E-state index contributed by atoms with van der Waals surface area (Å²) in [5.41, 5.74) is 8.65. The van der Waals surface area contributed by atoms with E-state index in [2.05, 4.69) is 0 Å². The number of rotatable bonds is 2. The Labute approximate surface area is 105 Å². The topological polar surface area (TPSA) is 26.0 Å². The smallest absolute Gasteiger partial charge is 0.131 e. The van der Waals surface area contributed by atoms with Gasteiger partial charge in [-0.3, -0.25) is 0 Å². The molecule has 2 N–H and O–H groups in total. The van der Waals surface area contributed by atoms with Crippen molar-refractivity contribution in [3.05, 3.63) is 58.7 Å². The van der Waals surface area contributed by atoms with Crippen LogP contribution in [0.1, 0.15) is 16.7 Å². The minimum absolute atomic E-state index is 0.283. The summed E-state index contributed by atoms with van der Waals surface area (Å²) in [6.07, 6.45) is 0. The Bertz CT molecular complexity index is 591. The molecule has 2 rings (SSSR count). The molecule has 0 unspecified atom stereocenters. The Kier molecular flexibility index (Phi) is 3.43. The Hall–Kier alpha value is -1.74. The first-order valence-corrected chi connectivity index (χ1v) is 5.78. The Morgan fingerprint density at radius 1 is 0.889 bits per heavy atom. The molecule has 2 aromatic carbocycles. The summed E-state index contributed by atoms with van der Waals surface area (Å²) in [4.78, 5) is 0. The maximum Gasteiger partial charge on any atom is 0.131 e. The fourth-order valence-electron chi connectivity index (χ4n) is 1.94. The van der Waals surface area contributed by atoms with E-state index in [0.29, 0.717) is 17.7 Å². The van der Waals surface area contributed by atoms with E-state index < -0.39 is 11.6 Å². The lowest BCUT2D eigenvalue weighted by Crippen LogP contribution is -1.98. The fraction of sp³-hybridized carbons (Fsp3) is 0.200. The van der Waals surface area contributed by atoms with Crippen LogP contribution in [-0.4, -0.2) is 0 Å². The van der Waals surface area contributed by atoms with E-state index in [1.165, 1.54) is 12.1 Å². The van der Waals surface area contributed by atoms with E-state index in [4.69, 9.17) is 5.73 Å². The van der Waals surface area contributed by atoms with Gasteiger partial charge in [-0.1, -0.05) is 12.1 Å². The molecular formula is C15H15F2N. The maximum absolute atomic E-state index is 13.9. The van der Waals surface area contributed by atoms with Gasteiger partial charge in [0.1, 0.15) is 11.6 Å². The average molecular weight is 247 g/mol. The summed E-state index contributed by atoms with van der Waals surface area (Å²) in [6.45, 7) is 3.79. The highest BCUT2D eigenvalue weighted by molar-refractivity contribution is 5.69. The third kappa shape index (κ3) is 2.27. The Morgan fingerprint density at radius 2 is 1.61 bits per heavy atom. The summed E-state index contributed by atoms with van der Waals surface area (Å²) in [7, 11) is 0. The summed E-state index contributed by atoms with van der Waals surface area (Å²) in [5.74, 6) is -0.810. The Morgan fingerprint density at radius 3 is 2.28 bits per heavy atom. The molecule has 0 aliphatic rings. The van der Waals surface area contributed by atoms with Gasteiger partial charge in [0, 0.05) is 12.1 Å². The molecule has 0 saturated carbocycles. The van der Waals surface area contributed by atoms with Gasteiger partial charge in [-0.05, 0) is 54.3 Å². The predicted molar refractivity (Wildman–Crippen MR) is 69.2 cm³/mol. The summed E-state index contributed by atoms with van der Waals surface area (Å²) in [6, 6.07) is 8.03. The zero-order valence-corrected chi connectivity index (χ0v) is 10.4. The van der Waals surface area contributed by atoms with Gasteiger partial charge in [-0.2, -0.15) is 0 Å². The SMILES string of the molecule is Cc1cc(F)c(-c2cc(CN)ccc2C)cc1F. The zero-order chi connectivity index (χ0) is 13.3. The van der Waals surface area contributed by atoms with Gasteiger partial charge in [0.05, 0.1) is 0 Å². The number of benzene rings is 2. The number of hydrogen-bond donors (Lipinski definition) is 1. The lowest BCUT2D eigenvalue weighted by atomic mass is 9.96. The molecular weight excluding hydrogens is 232 g/mol. The predicted octanol–water partition coefficient (Wildman–Crippen LogP) is 3.71. The van der Waals surface area contributed by atoms with Crippen LogP contribution in [-0.2, 0) is 6.54 Å². The number of aryl methyl sites for hydroxylation is 2. The molecule has 0 aliphatic carbocycles. The number of nitrogens with two attached hydrogens (primary N) is 1. The van der Waals surface area contributed by atoms with Crippen LogP contribution in [0.5, 0.6) is 0 Å². The van der Waals surface area contributed by atoms with Gasteiger partial charge in [0.25, 0.3) is 0 Å². The molecule has 0 aliphatic heterocycles. The molecule has 0 bridgehead atoms. The van der Waals surface area contributed by atoms with E-state index >= 15 is 0 Å². The van der Waals surface area contributed by atoms with Gasteiger partial charge < -0.3 is 5.73 Å². The minimum atomic E-state index is -0.411. The van der Waals surface area contributed by atoms with E-state index in [1.54, 1.807) is 6.92 Å². The molecule has 0 amide bonds. The van der Waals surface area contributed by atoms with Crippen LogP contribution < -0.4 is 5.73 Å². The second kappa shape index (κ2) is 4.86. The van der Waals surface area contributed by atoms with Crippen LogP contribution in [0.4, 0.5) is 8.78 Å². The molecule has 0 saturated heterocycles. The standard InChI is InChI=1S/C15H15F2N/c1-9-3-4-11(8-18)6-12(9)13-7-14(16)10(2)5-15(13)17/h3-7H,8,18H2,1-2H3. The molecule has 1 nitrogen and oxygen atoms in total. The second-order valence-electron chi connectivity index (χ2n) is 4.43. The van der Waals surface area contributed by atoms with E-state index in [0.717, 1.165) is 11.1 Å². The fourth-order valence-corrected chi connectivity index (χ4v) is 1.94. The van der Waals surface area contributed by atoms with Crippen molar-refractivity contribution in [2.75, 3.05) is 0 Å². The van der Waals surface area contributed by atoms with Crippen molar-refractivity contribution in [3.8, 4) is 11.1 Å². The van der Waals surface area contributed by atoms with Crippen LogP contribution in [0.25, 0.3) is 11.1 Å². The van der Waals surface area contributed by atoms with Gasteiger partial charge in [-0.25, -0.2) is 8.78 Å². The van der Waals surface area contributed by atoms with Gasteiger partial charge in [-0.15, -0.1) is 0 Å². The van der Waals surface area contributed by atoms with Crippen molar-refractivity contribution in [2.45, 2.75) is 20.4 Å². The van der Waals surface area contributed by atoms with E-state index in [1.807, 2.05) is 25.1 Å². The lowest BCUT2D eigenvalue weighted by Gasteiger charge is -2.10. The molecule has 3 heteroatoms. The molecule has 0 aromatic heterocycles. The first kappa shape index (κ1) is 12.7. The lowest BCUT2D eigenvalue weighted by molar-refractivity contribution is 0.595. The van der Waals surface area contributed by atoms with Crippen molar-refractivity contribution in [3.63, 3.8) is 0 Å². The molecule has 0 heterocycles.